The van der Waals surface area contributed by atoms with Gasteiger partial charge >= 0.3 is 0 Å². The van der Waals surface area contributed by atoms with E-state index in [1.807, 2.05) is 12.1 Å². The molecule has 4 heterocycles. The summed E-state index contributed by atoms with van der Waals surface area (Å²) < 4.78 is 11.2. The fourth-order valence-electron chi connectivity index (χ4n) is 7.10. The van der Waals surface area contributed by atoms with Crippen molar-refractivity contribution in [3.63, 3.8) is 0 Å². The van der Waals surface area contributed by atoms with E-state index in [0.29, 0.717) is 0 Å². The van der Waals surface area contributed by atoms with Crippen LogP contribution in [-0.4, -0.2) is 8.97 Å². The molecule has 6 aromatic carbocycles. The summed E-state index contributed by atoms with van der Waals surface area (Å²) in [7, 11) is 0. The quantitative estimate of drug-likeness (QED) is 0.222. The molecule has 0 aliphatic carbocycles. The molecule has 0 saturated heterocycles. The number of fused-ring (bicyclic) bond motifs is 9. The molecule has 0 aliphatic rings. The Morgan fingerprint density at radius 3 is 1.87 bits per heavy atom. The molecule has 3 nitrogen and oxygen atoms in total. The zero-order chi connectivity index (χ0) is 25.2. The van der Waals surface area contributed by atoms with Gasteiger partial charge in [0.25, 0.3) is 0 Å². The maximum Gasteiger partial charge on any atom is 0.137 e. The third-order valence-electron chi connectivity index (χ3n) is 8.64. The number of para-hydroxylation sites is 3. The third kappa shape index (κ3) is 2.31. The van der Waals surface area contributed by atoms with E-state index in [9.17, 15) is 0 Å². The number of furan rings is 1. The molecule has 0 unspecified atom stereocenters. The van der Waals surface area contributed by atoms with E-state index >= 15 is 0 Å². The highest BCUT2D eigenvalue weighted by Crippen LogP contribution is 2.45. The van der Waals surface area contributed by atoms with E-state index in [1.54, 1.807) is 0 Å². The second-order valence-electron chi connectivity index (χ2n) is 10.5. The van der Waals surface area contributed by atoms with Crippen molar-refractivity contribution in [3.05, 3.63) is 121 Å². The highest BCUT2D eigenvalue weighted by molar-refractivity contribution is 6.33. The second-order valence-corrected chi connectivity index (χ2v) is 10.5. The summed E-state index contributed by atoms with van der Waals surface area (Å²) in [4.78, 5) is 0. The van der Waals surface area contributed by atoms with E-state index in [2.05, 4.69) is 118 Å². The lowest BCUT2D eigenvalue weighted by Gasteiger charge is -2.09. The Morgan fingerprint density at radius 1 is 0.410 bits per heavy atom. The number of aromatic nitrogens is 2. The Balaban J connectivity index is 1.47. The van der Waals surface area contributed by atoms with Gasteiger partial charge in [0.15, 0.2) is 0 Å². The molecule has 4 aromatic heterocycles. The first-order chi connectivity index (χ1) is 19.4. The predicted molar refractivity (Wildman–Crippen MR) is 163 cm³/mol. The topological polar surface area (TPSA) is 22.5 Å². The Kier molecular flexibility index (Phi) is 3.44. The monoisotopic (exact) mass is 496 g/mol. The lowest BCUT2D eigenvalue weighted by atomic mass is 10.0. The van der Waals surface area contributed by atoms with Crippen LogP contribution in [-0.2, 0) is 0 Å². The lowest BCUT2D eigenvalue weighted by Crippen LogP contribution is -1.94. The SMILES string of the molecule is c1ccc2c(c1)oc1cc(-n3c4cccc5c6ccccc6n6c7ccccc7c7ccc3c(c54)c76)ccc12. The van der Waals surface area contributed by atoms with Crippen molar-refractivity contribution in [3.8, 4) is 5.69 Å². The van der Waals surface area contributed by atoms with Crippen LogP contribution < -0.4 is 0 Å². The van der Waals surface area contributed by atoms with Gasteiger partial charge in [0.05, 0.1) is 27.6 Å². The van der Waals surface area contributed by atoms with Gasteiger partial charge in [-0.15, -0.1) is 0 Å². The summed E-state index contributed by atoms with van der Waals surface area (Å²) >= 11 is 0. The second kappa shape index (κ2) is 6.77. The van der Waals surface area contributed by atoms with Gasteiger partial charge in [0.1, 0.15) is 11.2 Å². The molecule has 180 valence electrons. The third-order valence-corrected chi connectivity index (χ3v) is 8.64. The summed E-state index contributed by atoms with van der Waals surface area (Å²) in [6, 6.07) is 43.9. The average molecular weight is 497 g/mol. The molecule has 0 radical (unpaired) electrons. The van der Waals surface area contributed by atoms with Gasteiger partial charge in [-0.25, -0.2) is 0 Å². The number of benzene rings is 6. The van der Waals surface area contributed by atoms with E-state index < -0.39 is 0 Å². The van der Waals surface area contributed by atoms with Crippen LogP contribution in [0.4, 0.5) is 0 Å². The smallest absolute Gasteiger partial charge is 0.137 e. The summed E-state index contributed by atoms with van der Waals surface area (Å²) in [6.45, 7) is 0. The van der Waals surface area contributed by atoms with Crippen molar-refractivity contribution < 1.29 is 4.42 Å². The largest absolute Gasteiger partial charge is 0.456 e. The molecule has 3 heteroatoms. The van der Waals surface area contributed by atoms with Gasteiger partial charge in [0, 0.05) is 49.5 Å². The Bertz CT molecular complexity index is 2610. The van der Waals surface area contributed by atoms with Crippen LogP contribution in [0.5, 0.6) is 0 Å². The van der Waals surface area contributed by atoms with Crippen molar-refractivity contribution >= 4 is 81.8 Å². The number of rotatable bonds is 1. The van der Waals surface area contributed by atoms with Gasteiger partial charge in [-0.05, 0) is 47.9 Å². The van der Waals surface area contributed by atoms with E-state index in [1.165, 1.54) is 59.9 Å². The fourth-order valence-corrected chi connectivity index (χ4v) is 7.10. The highest BCUT2D eigenvalue weighted by Gasteiger charge is 2.23. The molecule has 10 rings (SSSR count). The Morgan fingerprint density at radius 2 is 1.03 bits per heavy atom. The summed E-state index contributed by atoms with van der Waals surface area (Å²) in [5.74, 6) is 0. The van der Waals surface area contributed by atoms with Crippen LogP contribution >= 0.6 is 0 Å². The fraction of sp³-hybridized carbons (Fsp3) is 0. The zero-order valence-corrected chi connectivity index (χ0v) is 20.8. The maximum atomic E-state index is 6.31. The predicted octanol–water partition coefficient (Wildman–Crippen LogP) is 9.83. The lowest BCUT2D eigenvalue weighted by molar-refractivity contribution is 0.668. The van der Waals surface area contributed by atoms with Crippen LogP contribution in [0.2, 0.25) is 0 Å². The molecule has 0 bridgehead atoms. The van der Waals surface area contributed by atoms with E-state index in [-0.39, 0.29) is 0 Å². The number of hydrogen-bond donors (Lipinski definition) is 0. The normalized spacial score (nSPS) is 12.6. The first kappa shape index (κ1) is 19.8. The molecular weight excluding hydrogens is 476 g/mol. The van der Waals surface area contributed by atoms with Gasteiger partial charge < -0.3 is 13.4 Å². The minimum absolute atomic E-state index is 0.910. The van der Waals surface area contributed by atoms with Crippen LogP contribution in [0.15, 0.2) is 126 Å². The summed E-state index contributed by atoms with van der Waals surface area (Å²) in [5, 5.41) is 10.0. The molecule has 0 saturated carbocycles. The van der Waals surface area contributed by atoms with E-state index in [0.717, 1.165) is 27.6 Å². The average Bonchev–Trinajstić information content (AvgIpc) is 3.61. The van der Waals surface area contributed by atoms with Crippen molar-refractivity contribution in [1.82, 2.24) is 8.97 Å². The first-order valence-electron chi connectivity index (χ1n) is 13.4. The minimum Gasteiger partial charge on any atom is -0.456 e. The number of nitrogens with zero attached hydrogens (tertiary/aromatic N) is 2. The molecule has 0 amide bonds. The van der Waals surface area contributed by atoms with Crippen LogP contribution in [0, 0.1) is 0 Å². The Hall–Kier alpha value is -5.28. The molecule has 10 aromatic rings. The molecule has 39 heavy (non-hydrogen) atoms. The van der Waals surface area contributed by atoms with Crippen molar-refractivity contribution in [1.29, 1.82) is 0 Å². The summed E-state index contributed by atoms with van der Waals surface area (Å²) in [5.41, 5.74) is 9.10. The highest BCUT2D eigenvalue weighted by atomic mass is 16.3. The van der Waals surface area contributed by atoms with Crippen molar-refractivity contribution in [2.75, 3.05) is 0 Å². The first-order valence-corrected chi connectivity index (χ1v) is 13.4. The van der Waals surface area contributed by atoms with Crippen molar-refractivity contribution in [2.45, 2.75) is 0 Å². The van der Waals surface area contributed by atoms with Gasteiger partial charge in [0.2, 0.25) is 0 Å². The standard InChI is InChI=1S/C36H20N2O/c1-4-12-28-22(8-1)26-11-7-14-30-34(26)35-31(19-18-27-23-9-2-5-13-29(23)38(28)36(27)35)37(30)21-16-17-25-24-10-3-6-15-32(24)39-33(25)20-21/h1-20H. The minimum atomic E-state index is 0.910. The van der Waals surface area contributed by atoms with Crippen LogP contribution in [0.1, 0.15) is 0 Å². The molecule has 0 fully saturated rings. The molecule has 0 spiro atoms. The Labute approximate surface area is 222 Å². The van der Waals surface area contributed by atoms with Crippen LogP contribution in [0.3, 0.4) is 0 Å². The van der Waals surface area contributed by atoms with Gasteiger partial charge in [-0.3, -0.25) is 0 Å². The zero-order valence-electron chi connectivity index (χ0n) is 20.8. The molecule has 0 atom stereocenters. The van der Waals surface area contributed by atoms with Gasteiger partial charge in [-0.1, -0.05) is 72.8 Å². The maximum absolute atomic E-state index is 6.31. The van der Waals surface area contributed by atoms with E-state index in [4.69, 9.17) is 4.42 Å². The molecule has 0 aliphatic heterocycles. The number of hydrogen-bond acceptors (Lipinski definition) is 1. The van der Waals surface area contributed by atoms with Crippen LogP contribution in [0.25, 0.3) is 87.5 Å². The molecule has 0 N–H and O–H groups in total. The van der Waals surface area contributed by atoms with Crippen molar-refractivity contribution in [2.24, 2.45) is 0 Å². The van der Waals surface area contributed by atoms with Gasteiger partial charge in [-0.2, -0.15) is 0 Å². The molecular formula is C36H20N2O. The summed E-state index contributed by atoms with van der Waals surface area (Å²) in [6.07, 6.45) is 0.